The second-order valence-electron chi connectivity index (χ2n) is 6.00. The Morgan fingerprint density at radius 3 is 2.41 bits per heavy atom. The summed E-state index contributed by atoms with van der Waals surface area (Å²) in [7, 11) is 0. The number of unbranched alkanes of at least 4 members (excludes halogenated alkanes) is 3. The van der Waals surface area contributed by atoms with E-state index in [2.05, 4.69) is 27.7 Å². The Kier molecular flexibility index (Phi) is 9.85. The molecule has 0 aliphatic rings. The first-order chi connectivity index (χ1) is 8.02. The Hall–Kier alpha value is -0.0800. The maximum atomic E-state index is 5.82. The normalized spacial score (nSPS) is 13.9. The standard InChI is InChI=1S/C15H33NO/c1-5-6-7-8-10-14(2)17-12-9-11-15(3,4)13-16/h14H,5-13,16H2,1-4H3. The molecule has 0 fully saturated rings. The molecule has 2 nitrogen and oxygen atoms in total. The van der Waals surface area contributed by atoms with E-state index in [1.165, 1.54) is 32.1 Å². The number of nitrogens with two attached hydrogens (primary N) is 1. The first-order valence-corrected chi connectivity index (χ1v) is 7.33. The van der Waals surface area contributed by atoms with Crippen molar-refractivity contribution in [3.05, 3.63) is 0 Å². The molecule has 2 heteroatoms. The molecule has 0 aromatic carbocycles. The first kappa shape index (κ1) is 16.9. The Balaban J connectivity index is 3.36. The van der Waals surface area contributed by atoms with Crippen LogP contribution in [0.15, 0.2) is 0 Å². The van der Waals surface area contributed by atoms with Crippen molar-refractivity contribution in [1.29, 1.82) is 0 Å². The SMILES string of the molecule is CCCCCCC(C)OCCCC(C)(C)CN. The Bertz CT molecular complexity index is 168. The van der Waals surface area contributed by atoms with Gasteiger partial charge in [-0.15, -0.1) is 0 Å². The van der Waals surface area contributed by atoms with Crippen LogP contribution < -0.4 is 5.73 Å². The molecule has 0 bridgehead atoms. The van der Waals surface area contributed by atoms with E-state index >= 15 is 0 Å². The molecular formula is C15H33NO. The van der Waals surface area contributed by atoms with Crippen LogP contribution in [0.3, 0.4) is 0 Å². The highest BCUT2D eigenvalue weighted by molar-refractivity contribution is 4.68. The van der Waals surface area contributed by atoms with Gasteiger partial charge in [0, 0.05) is 6.61 Å². The van der Waals surface area contributed by atoms with Crippen molar-refractivity contribution in [2.45, 2.75) is 78.7 Å². The molecule has 0 radical (unpaired) electrons. The second kappa shape index (κ2) is 9.90. The molecule has 0 aliphatic heterocycles. The lowest BCUT2D eigenvalue weighted by molar-refractivity contribution is 0.0515. The highest BCUT2D eigenvalue weighted by Gasteiger charge is 2.14. The van der Waals surface area contributed by atoms with Gasteiger partial charge in [0.15, 0.2) is 0 Å². The highest BCUT2D eigenvalue weighted by atomic mass is 16.5. The highest BCUT2D eigenvalue weighted by Crippen LogP contribution is 2.20. The topological polar surface area (TPSA) is 35.2 Å². The van der Waals surface area contributed by atoms with E-state index in [1.807, 2.05) is 0 Å². The molecule has 0 rings (SSSR count). The van der Waals surface area contributed by atoms with E-state index in [4.69, 9.17) is 10.5 Å². The number of hydrogen-bond acceptors (Lipinski definition) is 2. The minimum Gasteiger partial charge on any atom is -0.379 e. The fraction of sp³-hybridized carbons (Fsp3) is 1.00. The van der Waals surface area contributed by atoms with Gasteiger partial charge in [-0.3, -0.25) is 0 Å². The van der Waals surface area contributed by atoms with Gasteiger partial charge in [-0.05, 0) is 38.1 Å². The number of rotatable bonds is 11. The van der Waals surface area contributed by atoms with Crippen LogP contribution in [0.2, 0.25) is 0 Å². The predicted molar refractivity (Wildman–Crippen MR) is 76.2 cm³/mol. The van der Waals surface area contributed by atoms with Gasteiger partial charge < -0.3 is 10.5 Å². The van der Waals surface area contributed by atoms with Gasteiger partial charge in [0.25, 0.3) is 0 Å². The molecule has 104 valence electrons. The third-order valence-corrected chi connectivity index (χ3v) is 3.42. The molecule has 0 saturated heterocycles. The minimum absolute atomic E-state index is 0.272. The molecule has 0 aromatic rings. The lowest BCUT2D eigenvalue weighted by Crippen LogP contribution is -2.24. The van der Waals surface area contributed by atoms with E-state index in [0.717, 1.165) is 26.0 Å². The van der Waals surface area contributed by atoms with Gasteiger partial charge in [-0.25, -0.2) is 0 Å². The van der Waals surface area contributed by atoms with Crippen molar-refractivity contribution in [1.82, 2.24) is 0 Å². The minimum atomic E-state index is 0.272. The van der Waals surface area contributed by atoms with Crippen molar-refractivity contribution >= 4 is 0 Å². The van der Waals surface area contributed by atoms with Crippen LogP contribution in [0.25, 0.3) is 0 Å². The molecule has 0 saturated carbocycles. The summed E-state index contributed by atoms with van der Waals surface area (Å²) in [6, 6.07) is 0. The zero-order valence-corrected chi connectivity index (χ0v) is 12.4. The summed E-state index contributed by atoms with van der Waals surface area (Å²) < 4.78 is 5.82. The average Bonchev–Trinajstić information content (AvgIpc) is 2.30. The lowest BCUT2D eigenvalue weighted by Gasteiger charge is -2.22. The van der Waals surface area contributed by atoms with Gasteiger partial charge in [0.2, 0.25) is 0 Å². The van der Waals surface area contributed by atoms with Crippen LogP contribution >= 0.6 is 0 Å². The summed E-state index contributed by atoms with van der Waals surface area (Å²) in [5, 5.41) is 0. The first-order valence-electron chi connectivity index (χ1n) is 7.33. The Morgan fingerprint density at radius 1 is 1.12 bits per heavy atom. The van der Waals surface area contributed by atoms with Gasteiger partial charge in [-0.2, -0.15) is 0 Å². The van der Waals surface area contributed by atoms with E-state index in [-0.39, 0.29) is 5.41 Å². The number of hydrogen-bond donors (Lipinski definition) is 1. The van der Waals surface area contributed by atoms with E-state index in [1.54, 1.807) is 0 Å². The molecule has 2 N–H and O–H groups in total. The lowest BCUT2D eigenvalue weighted by atomic mass is 9.88. The third-order valence-electron chi connectivity index (χ3n) is 3.42. The number of ether oxygens (including phenoxy) is 1. The molecule has 1 unspecified atom stereocenters. The van der Waals surface area contributed by atoms with E-state index < -0.39 is 0 Å². The molecule has 1 atom stereocenters. The summed E-state index contributed by atoms with van der Waals surface area (Å²) in [5.41, 5.74) is 5.97. The summed E-state index contributed by atoms with van der Waals surface area (Å²) >= 11 is 0. The molecule has 0 spiro atoms. The Morgan fingerprint density at radius 2 is 1.82 bits per heavy atom. The van der Waals surface area contributed by atoms with Crippen LogP contribution in [0.5, 0.6) is 0 Å². The van der Waals surface area contributed by atoms with Crippen LogP contribution in [0, 0.1) is 5.41 Å². The zero-order chi connectivity index (χ0) is 13.1. The van der Waals surface area contributed by atoms with E-state index in [9.17, 15) is 0 Å². The molecule has 0 aliphatic carbocycles. The molecule has 0 amide bonds. The smallest absolute Gasteiger partial charge is 0.0547 e. The van der Waals surface area contributed by atoms with Crippen LogP contribution in [0.4, 0.5) is 0 Å². The third kappa shape index (κ3) is 10.8. The van der Waals surface area contributed by atoms with Gasteiger partial charge in [0.05, 0.1) is 6.10 Å². The molecule has 17 heavy (non-hydrogen) atoms. The molecule has 0 heterocycles. The van der Waals surface area contributed by atoms with Gasteiger partial charge in [0.1, 0.15) is 0 Å². The van der Waals surface area contributed by atoms with Crippen molar-refractivity contribution in [2.24, 2.45) is 11.1 Å². The van der Waals surface area contributed by atoms with Crippen LogP contribution in [0.1, 0.15) is 72.6 Å². The van der Waals surface area contributed by atoms with Crippen molar-refractivity contribution in [2.75, 3.05) is 13.2 Å². The quantitative estimate of drug-likeness (QED) is 0.554. The summed E-state index contributed by atoms with van der Waals surface area (Å²) in [5.74, 6) is 0. The fourth-order valence-corrected chi connectivity index (χ4v) is 1.88. The van der Waals surface area contributed by atoms with Crippen molar-refractivity contribution in [3.8, 4) is 0 Å². The van der Waals surface area contributed by atoms with Gasteiger partial charge in [-0.1, -0.05) is 46.5 Å². The maximum Gasteiger partial charge on any atom is 0.0547 e. The Labute approximate surface area is 108 Å². The van der Waals surface area contributed by atoms with Crippen LogP contribution in [-0.4, -0.2) is 19.3 Å². The predicted octanol–water partition coefficient (Wildman–Crippen LogP) is 4.13. The fourth-order valence-electron chi connectivity index (χ4n) is 1.88. The van der Waals surface area contributed by atoms with E-state index in [0.29, 0.717) is 6.10 Å². The molecular weight excluding hydrogens is 210 g/mol. The largest absolute Gasteiger partial charge is 0.379 e. The van der Waals surface area contributed by atoms with Crippen LogP contribution in [-0.2, 0) is 4.74 Å². The molecule has 0 aromatic heterocycles. The summed E-state index contributed by atoms with van der Waals surface area (Å²) in [6.07, 6.45) is 9.25. The van der Waals surface area contributed by atoms with Crippen molar-refractivity contribution < 1.29 is 4.74 Å². The average molecular weight is 243 g/mol. The zero-order valence-electron chi connectivity index (χ0n) is 12.4. The summed E-state index contributed by atoms with van der Waals surface area (Å²) in [6.45, 7) is 10.5. The summed E-state index contributed by atoms with van der Waals surface area (Å²) in [4.78, 5) is 0. The monoisotopic (exact) mass is 243 g/mol. The van der Waals surface area contributed by atoms with Crippen molar-refractivity contribution in [3.63, 3.8) is 0 Å². The van der Waals surface area contributed by atoms with Gasteiger partial charge >= 0.3 is 0 Å². The second-order valence-corrected chi connectivity index (χ2v) is 6.00. The maximum absolute atomic E-state index is 5.82.